The van der Waals surface area contributed by atoms with Crippen LogP contribution in [-0.2, 0) is 4.57 Å². The van der Waals surface area contributed by atoms with Gasteiger partial charge in [0.05, 0.1) is 0 Å². The molecule has 2 nitrogen and oxygen atoms in total. The van der Waals surface area contributed by atoms with E-state index in [1.165, 1.54) is 11.3 Å². The second-order valence-corrected chi connectivity index (χ2v) is 3.99. The number of rotatable bonds is 5. The van der Waals surface area contributed by atoms with Crippen LogP contribution in [0.2, 0.25) is 0 Å². The highest BCUT2D eigenvalue weighted by molar-refractivity contribution is 7.99. The third-order valence-corrected chi connectivity index (χ3v) is 2.94. The maximum absolute atomic E-state index is 10.1. The zero-order valence-electron chi connectivity index (χ0n) is 7.40. The summed E-state index contributed by atoms with van der Waals surface area (Å²) in [7, 11) is -0.301. The predicted molar refractivity (Wildman–Crippen MR) is 55.7 cm³/mol. The summed E-state index contributed by atoms with van der Waals surface area (Å²) in [6.07, 6.45) is 1.17. The van der Waals surface area contributed by atoms with Crippen molar-refractivity contribution in [3.05, 3.63) is 24.3 Å². The highest BCUT2D eigenvalue weighted by Crippen LogP contribution is 2.23. The molecule has 1 aromatic rings. The van der Waals surface area contributed by atoms with Gasteiger partial charge in [-0.05, 0) is 36.4 Å². The zero-order chi connectivity index (χ0) is 9.52. The van der Waals surface area contributed by atoms with E-state index in [1.807, 2.05) is 36.0 Å². The minimum Gasteiger partial charge on any atom is -0.408 e. The lowest BCUT2D eigenvalue weighted by Gasteiger charge is -2.00. The van der Waals surface area contributed by atoms with Crippen molar-refractivity contribution < 1.29 is 9.09 Å². The maximum Gasteiger partial charge on any atom is 0.395 e. The van der Waals surface area contributed by atoms with Gasteiger partial charge in [-0.15, -0.1) is 11.8 Å². The molecule has 0 saturated carbocycles. The van der Waals surface area contributed by atoms with Crippen LogP contribution in [0.5, 0.6) is 5.75 Å². The lowest BCUT2D eigenvalue weighted by atomic mass is 10.3. The molecule has 0 unspecified atom stereocenters. The van der Waals surface area contributed by atoms with Gasteiger partial charge in [0.2, 0.25) is 0 Å². The molecular formula is C9H11O2PS. The van der Waals surface area contributed by atoms with Crippen LogP contribution in [0.1, 0.15) is 13.3 Å². The summed E-state index contributed by atoms with van der Waals surface area (Å²) in [5.41, 5.74) is 0. The Morgan fingerprint density at radius 1 is 1.38 bits per heavy atom. The fourth-order valence-electron chi connectivity index (χ4n) is 0.860. The Morgan fingerprint density at radius 3 is 2.62 bits per heavy atom. The first-order valence-electron chi connectivity index (χ1n) is 4.09. The maximum atomic E-state index is 10.1. The van der Waals surface area contributed by atoms with Crippen LogP contribution in [0.15, 0.2) is 29.2 Å². The molecule has 1 aromatic carbocycles. The summed E-state index contributed by atoms with van der Waals surface area (Å²) in [5, 5.41) is 0. The Kier molecular flexibility index (Phi) is 4.87. The van der Waals surface area contributed by atoms with Gasteiger partial charge in [-0.25, -0.2) is 4.57 Å². The quantitative estimate of drug-likeness (QED) is 0.551. The third kappa shape index (κ3) is 3.79. The molecule has 0 fully saturated rings. The standard InChI is InChI=1S/C9H11O2PS/c1-2-7-13-9-5-3-8(4-6-9)11-12-10/h3-6H,2,7H2,1H3. The summed E-state index contributed by atoms with van der Waals surface area (Å²) in [6.45, 7) is 2.15. The molecule has 0 bridgehead atoms. The van der Waals surface area contributed by atoms with Crippen LogP contribution < -0.4 is 4.52 Å². The van der Waals surface area contributed by atoms with Gasteiger partial charge in [0, 0.05) is 4.90 Å². The molecule has 0 aliphatic heterocycles. The molecule has 0 aliphatic carbocycles. The van der Waals surface area contributed by atoms with E-state index >= 15 is 0 Å². The minimum absolute atomic E-state index is 0.301. The SMILES string of the molecule is CCCSc1ccc(OP=O)cc1. The van der Waals surface area contributed by atoms with Gasteiger partial charge in [0.1, 0.15) is 5.75 Å². The lowest BCUT2D eigenvalue weighted by molar-refractivity contribution is 0.525. The number of hydrogen-bond donors (Lipinski definition) is 0. The molecule has 0 spiro atoms. The van der Waals surface area contributed by atoms with Gasteiger partial charge >= 0.3 is 8.69 Å². The molecule has 4 heteroatoms. The van der Waals surface area contributed by atoms with Crippen molar-refractivity contribution in [2.75, 3.05) is 5.75 Å². The van der Waals surface area contributed by atoms with Crippen LogP contribution in [0.3, 0.4) is 0 Å². The highest BCUT2D eigenvalue weighted by Gasteiger charge is 1.95. The van der Waals surface area contributed by atoms with Crippen molar-refractivity contribution in [3.63, 3.8) is 0 Å². The fraction of sp³-hybridized carbons (Fsp3) is 0.333. The summed E-state index contributed by atoms with van der Waals surface area (Å²) >= 11 is 1.81. The van der Waals surface area contributed by atoms with E-state index in [1.54, 1.807) is 0 Å². The minimum atomic E-state index is -0.301. The van der Waals surface area contributed by atoms with E-state index in [4.69, 9.17) is 4.52 Å². The molecule has 1 rings (SSSR count). The van der Waals surface area contributed by atoms with E-state index in [0.717, 1.165) is 5.75 Å². The second-order valence-electron chi connectivity index (χ2n) is 2.49. The first-order valence-corrected chi connectivity index (χ1v) is 5.81. The molecule has 0 saturated heterocycles. The van der Waals surface area contributed by atoms with Crippen LogP contribution in [0.4, 0.5) is 0 Å². The number of hydrogen-bond acceptors (Lipinski definition) is 3. The zero-order valence-corrected chi connectivity index (χ0v) is 9.11. The summed E-state index contributed by atoms with van der Waals surface area (Å²) in [5.74, 6) is 1.76. The molecule has 0 amide bonds. The van der Waals surface area contributed by atoms with Crippen LogP contribution >= 0.6 is 20.4 Å². The smallest absolute Gasteiger partial charge is 0.395 e. The molecular weight excluding hydrogens is 203 g/mol. The first-order chi connectivity index (χ1) is 6.36. The van der Waals surface area contributed by atoms with Crippen molar-refractivity contribution in [1.82, 2.24) is 0 Å². The van der Waals surface area contributed by atoms with Crippen molar-refractivity contribution in [1.29, 1.82) is 0 Å². The highest BCUT2D eigenvalue weighted by atomic mass is 32.2. The Bertz CT molecular complexity index is 261. The van der Waals surface area contributed by atoms with Gasteiger partial charge < -0.3 is 4.52 Å². The van der Waals surface area contributed by atoms with Gasteiger partial charge in [-0.3, -0.25) is 0 Å². The molecule has 0 atom stereocenters. The van der Waals surface area contributed by atoms with Crippen molar-refractivity contribution in [3.8, 4) is 5.75 Å². The van der Waals surface area contributed by atoms with E-state index in [-0.39, 0.29) is 8.69 Å². The van der Waals surface area contributed by atoms with Gasteiger partial charge in [0.25, 0.3) is 0 Å². The van der Waals surface area contributed by atoms with Crippen LogP contribution in [0, 0.1) is 0 Å². The molecule has 0 radical (unpaired) electrons. The van der Waals surface area contributed by atoms with Crippen molar-refractivity contribution >= 4 is 20.4 Å². The predicted octanol–water partition coefficient (Wildman–Crippen LogP) is 3.77. The largest absolute Gasteiger partial charge is 0.408 e. The van der Waals surface area contributed by atoms with E-state index in [9.17, 15) is 4.57 Å². The molecule has 0 aromatic heterocycles. The molecule has 0 heterocycles. The topological polar surface area (TPSA) is 26.3 Å². The Labute approximate surface area is 84.0 Å². The normalized spacial score (nSPS) is 10.2. The monoisotopic (exact) mass is 214 g/mol. The molecule has 70 valence electrons. The Hall–Kier alpha value is -0.530. The van der Waals surface area contributed by atoms with Crippen molar-refractivity contribution in [2.45, 2.75) is 18.2 Å². The first kappa shape index (κ1) is 10.6. The van der Waals surface area contributed by atoms with Gasteiger partial charge in [0.15, 0.2) is 0 Å². The molecule has 13 heavy (non-hydrogen) atoms. The molecule has 0 N–H and O–H groups in total. The fourth-order valence-corrected chi connectivity index (χ4v) is 1.84. The number of thioether (sulfide) groups is 1. The van der Waals surface area contributed by atoms with Crippen LogP contribution in [0.25, 0.3) is 0 Å². The van der Waals surface area contributed by atoms with E-state index in [0.29, 0.717) is 5.75 Å². The second kappa shape index (κ2) is 6.01. The Balaban J connectivity index is 2.53. The van der Waals surface area contributed by atoms with Gasteiger partial charge in [-0.2, -0.15) is 0 Å². The van der Waals surface area contributed by atoms with Gasteiger partial charge in [-0.1, -0.05) is 6.92 Å². The average molecular weight is 214 g/mol. The summed E-state index contributed by atoms with van der Waals surface area (Å²) < 4.78 is 14.9. The average Bonchev–Trinajstić information content (AvgIpc) is 2.17. The third-order valence-electron chi connectivity index (χ3n) is 1.44. The van der Waals surface area contributed by atoms with E-state index in [2.05, 4.69) is 6.92 Å². The lowest BCUT2D eigenvalue weighted by Crippen LogP contribution is -1.77. The Morgan fingerprint density at radius 2 is 2.08 bits per heavy atom. The number of benzene rings is 1. The van der Waals surface area contributed by atoms with E-state index < -0.39 is 0 Å². The summed E-state index contributed by atoms with van der Waals surface area (Å²) in [4.78, 5) is 1.22. The molecule has 0 aliphatic rings. The van der Waals surface area contributed by atoms with Crippen LogP contribution in [-0.4, -0.2) is 5.75 Å². The van der Waals surface area contributed by atoms with Crippen molar-refractivity contribution in [2.24, 2.45) is 0 Å². The summed E-state index contributed by atoms with van der Waals surface area (Å²) in [6, 6.07) is 7.59.